The van der Waals surface area contributed by atoms with Gasteiger partial charge in [0, 0.05) is 0 Å². The molecule has 0 aliphatic carbocycles. The summed E-state index contributed by atoms with van der Waals surface area (Å²) in [5.41, 5.74) is 0. The summed E-state index contributed by atoms with van der Waals surface area (Å²) < 4.78 is 0. The minimum Gasteiger partial charge on any atom is -0.166 e. The van der Waals surface area contributed by atoms with Gasteiger partial charge in [-0.1, -0.05) is 18.2 Å². The van der Waals surface area contributed by atoms with Crippen molar-refractivity contribution in [2.24, 2.45) is 0 Å². The van der Waals surface area contributed by atoms with Gasteiger partial charge in [-0.25, -0.2) is 0 Å². The van der Waals surface area contributed by atoms with Crippen molar-refractivity contribution in [2.75, 3.05) is 12.5 Å². The fraction of sp³-hybridized carbons (Fsp3) is 0.250. The molecule has 0 aliphatic rings. The maximum Gasteiger partial charge on any atom is -0.00190 e. The van der Waals surface area contributed by atoms with Gasteiger partial charge in [0.2, 0.25) is 0 Å². The van der Waals surface area contributed by atoms with Crippen LogP contribution in [0.2, 0.25) is 0 Å². The summed E-state index contributed by atoms with van der Waals surface area (Å²) in [6, 6.07) is 10.7. The van der Waals surface area contributed by atoms with Gasteiger partial charge in [-0.05, 0) is 50.7 Å². The van der Waals surface area contributed by atoms with Crippen molar-refractivity contribution in [1.29, 1.82) is 0 Å². The highest BCUT2D eigenvalue weighted by molar-refractivity contribution is 14.2. The summed E-state index contributed by atoms with van der Waals surface area (Å²) in [5.74, 6) is 0. The second-order valence-corrected chi connectivity index (χ2v) is 12.0. The molecule has 0 aliphatic heterocycles. The lowest BCUT2D eigenvalue weighted by molar-refractivity contribution is 1.46. The molecule has 0 unspecified atom stereocenters. The Morgan fingerprint density at radius 3 is 1.90 bits per heavy atom. The van der Waals surface area contributed by atoms with Crippen LogP contribution in [0.5, 0.6) is 0 Å². The molecular weight excluding hydrogens is 255 g/mol. The van der Waals surface area contributed by atoms with Crippen LogP contribution in [0.4, 0.5) is 0 Å². The Bertz CT molecular complexity index is 200. The van der Waals surface area contributed by atoms with Crippen molar-refractivity contribution < 1.29 is 0 Å². The largest absolute Gasteiger partial charge is 0.166 e. The lowest BCUT2D eigenvalue weighted by atomic mass is 10.4. The molecule has 0 amide bonds. The molecular formula is C8H11IS. The first-order valence-electron chi connectivity index (χ1n) is 3.09. The molecule has 0 N–H and O–H groups in total. The van der Waals surface area contributed by atoms with E-state index in [-0.39, 0.29) is 0 Å². The van der Waals surface area contributed by atoms with Crippen molar-refractivity contribution in [2.45, 2.75) is 4.90 Å². The van der Waals surface area contributed by atoms with E-state index in [9.17, 15) is 0 Å². The van der Waals surface area contributed by atoms with Crippen molar-refractivity contribution in [3.63, 3.8) is 0 Å². The van der Waals surface area contributed by atoms with E-state index in [1.807, 2.05) is 0 Å². The summed E-state index contributed by atoms with van der Waals surface area (Å²) >= 11 is 2.53. The first-order chi connectivity index (χ1) is 4.61. The van der Waals surface area contributed by atoms with Crippen LogP contribution >= 0.6 is 28.4 Å². The number of rotatable bonds is 1. The maximum atomic E-state index is 2.53. The summed E-state index contributed by atoms with van der Waals surface area (Å²) in [6.45, 7) is 0. The van der Waals surface area contributed by atoms with Gasteiger partial charge >= 0.3 is 0 Å². The molecule has 0 bridgehead atoms. The van der Waals surface area contributed by atoms with Crippen LogP contribution < -0.4 is 0 Å². The van der Waals surface area contributed by atoms with E-state index in [4.69, 9.17) is 0 Å². The minimum absolute atomic E-state index is 0.533. The molecule has 0 saturated heterocycles. The Kier molecular flexibility index (Phi) is 2.63. The van der Waals surface area contributed by atoms with Crippen molar-refractivity contribution >= 4 is 28.4 Å². The zero-order chi connectivity index (χ0) is 7.61. The Balaban J connectivity index is 2.97. The highest BCUT2D eigenvalue weighted by Crippen LogP contribution is 2.56. The fourth-order valence-electron chi connectivity index (χ4n) is 0.744. The molecule has 1 aromatic carbocycles. The third-order valence-electron chi connectivity index (χ3n) is 1.30. The average Bonchev–Trinajstić information content (AvgIpc) is 1.88. The first-order valence-corrected chi connectivity index (χ1v) is 8.08. The standard InChI is InChI=1S/C8H11IS/c1-10(2,9)8-6-4-3-5-7-8/h3-7H,1-2H3. The number of benzene rings is 1. The normalized spacial score (nSPS) is 13.1. The van der Waals surface area contributed by atoms with Crippen LogP contribution in [0.3, 0.4) is 0 Å². The molecule has 10 heavy (non-hydrogen) atoms. The van der Waals surface area contributed by atoms with Crippen molar-refractivity contribution in [1.82, 2.24) is 0 Å². The van der Waals surface area contributed by atoms with Gasteiger partial charge in [0.05, 0.1) is 0 Å². The molecule has 1 aromatic rings. The molecule has 0 heterocycles. The first kappa shape index (κ1) is 8.40. The molecule has 0 fully saturated rings. The van der Waals surface area contributed by atoms with Gasteiger partial charge in [0.25, 0.3) is 0 Å². The zero-order valence-corrected chi connectivity index (χ0v) is 9.15. The summed E-state index contributed by atoms with van der Waals surface area (Å²) in [7, 11) is -0.533. The average molecular weight is 266 g/mol. The van der Waals surface area contributed by atoms with Gasteiger partial charge in [-0.2, -0.15) is 7.20 Å². The van der Waals surface area contributed by atoms with Gasteiger partial charge < -0.3 is 0 Å². The summed E-state index contributed by atoms with van der Waals surface area (Å²) in [5, 5.41) is 0. The second kappa shape index (κ2) is 3.13. The Morgan fingerprint density at radius 1 is 1.10 bits per heavy atom. The van der Waals surface area contributed by atoms with E-state index in [0.29, 0.717) is 0 Å². The lowest BCUT2D eigenvalue weighted by Crippen LogP contribution is -1.83. The van der Waals surface area contributed by atoms with Gasteiger partial charge in [-0.15, -0.1) is 0 Å². The predicted octanol–water partition coefficient (Wildman–Crippen LogP) is 3.46. The molecule has 0 spiro atoms. The molecule has 1 rings (SSSR count). The third-order valence-corrected chi connectivity index (χ3v) is 4.22. The Labute approximate surface area is 75.9 Å². The van der Waals surface area contributed by atoms with Gasteiger partial charge in [0.1, 0.15) is 0 Å². The van der Waals surface area contributed by atoms with E-state index in [1.54, 1.807) is 0 Å². The fourth-order valence-corrected chi connectivity index (χ4v) is 2.43. The zero-order valence-electron chi connectivity index (χ0n) is 6.17. The highest BCUT2D eigenvalue weighted by Gasteiger charge is 2.07. The SMILES string of the molecule is CS(C)(I)c1ccccc1. The Hall–Kier alpha value is 0.300. The topological polar surface area (TPSA) is 0 Å². The summed E-state index contributed by atoms with van der Waals surface area (Å²) in [6.07, 6.45) is 4.59. The molecule has 0 saturated carbocycles. The van der Waals surface area contributed by atoms with E-state index >= 15 is 0 Å². The summed E-state index contributed by atoms with van der Waals surface area (Å²) in [4.78, 5) is 1.47. The minimum atomic E-state index is -0.533. The van der Waals surface area contributed by atoms with Crippen molar-refractivity contribution in [3.8, 4) is 0 Å². The molecule has 0 atom stereocenters. The van der Waals surface area contributed by atoms with Gasteiger partial charge in [0.15, 0.2) is 0 Å². The molecule has 0 aromatic heterocycles. The quantitative estimate of drug-likeness (QED) is 0.683. The molecule has 0 nitrogen and oxygen atoms in total. The molecule has 56 valence electrons. The second-order valence-electron chi connectivity index (χ2n) is 2.52. The molecule has 2 heteroatoms. The lowest BCUT2D eigenvalue weighted by Gasteiger charge is -2.22. The van der Waals surface area contributed by atoms with Crippen LogP contribution in [0.1, 0.15) is 0 Å². The van der Waals surface area contributed by atoms with Crippen LogP contribution in [0.15, 0.2) is 35.2 Å². The predicted molar refractivity (Wildman–Crippen MR) is 58.2 cm³/mol. The third kappa shape index (κ3) is 2.16. The van der Waals surface area contributed by atoms with Crippen LogP contribution in [0, 0.1) is 0 Å². The van der Waals surface area contributed by atoms with Crippen LogP contribution in [-0.4, -0.2) is 12.5 Å². The van der Waals surface area contributed by atoms with Crippen molar-refractivity contribution in [3.05, 3.63) is 30.3 Å². The van der Waals surface area contributed by atoms with E-state index in [1.165, 1.54) is 4.90 Å². The monoisotopic (exact) mass is 266 g/mol. The smallest absolute Gasteiger partial charge is 0.00190 e. The maximum absolute atomic E-state index is 2.53. The molecule has 0 radical (unpaired) electrons. The van der Waals surface area contributed by atoms with Gasteiger partial charge in [-0.3, -0.25) is 0 Å². The van der Waals surface area contributed by atoms with Crippen LogP contribution in [0.25, 0.3) is 0 Å². The number of halogens is 1. The highest BCUT2D eigenvalue weighted by atomic mass is 127. The van der Waals surface area contributed by atoms with E-state index in [2.05, 4.69) is 64.0 Å². The van der Waals surface area contributed by atoms with E-state index in [0.717, 1.165) is 0 Å². The van der Waals surface area contributed by atoms with Crippen LogP contribution in [-0.2, 0) is 0 Å². The van der Waals surface area contributed by atoms with E-state index < -0.39 is 7.20 Å². The number of hydrogen-bond donors (Lipinski definition) is 0. The Morgan fingerprint density at radius 2 is 1.60 bits per heavy atom. The number of hydrogen-bond acceptors (Lipinski definition) is 0.